The van der Waals surface area contributed by atoms with Crippen LogP contribution in [0.2, 0.25) is 5.02 Å². The number of anilines is 2. The third kappa shape index (κ3) is 4.45. The lowest BCUT2D eigenvalue weighted by molar-refractivity contribution is 0.100. The standard InChI is InChI=1S/C21H27ClN6O/c1-4-10-27(11-5-2)21-14(3)20(26-18-8-9-25-28(18)21)24-13-16-7-6-15(19(23)29)12-17(16)22/h6-9,12H,4-5,10-11,13H2,1-3H3,(H2,23,29)(H,24,26). The number of nitrogens with two attached hydrogens (primary N) is 1. The van der Waals surface area contributed by atoms with Crippen LogP contribution >= 0.6 is 11.6 Å². The van der Waals surface area contributed by atoms with Crippen LogP contribution in [0.3, 0.4) is 0 Å². The van der Waals surface area contributed by atoms with Gasteiger partial charge in [-0.1, -0.05) is 31.5 Å². The number of fused-ring (bicyclic) bond motifs is 1. The molecule has 0 bridgehead atoms. The van der Waals surface area contributed by atoms with Crippen molar-refractivity contribution in [2.45, 2.75) is 40.2 Å². The summed E-state index contributed by atoms with van der Waals surface area (Å²) in [7, 11) is 0. The molecular formula is C21H27ClN6O. The normalized spacial score (nSPS) is 11.0. The van der Waals surface area contributed by atoms with Gasteiger partial charge in [-0.25, -0.2) is 4.98 Å². The number of nitrogens with zero attached hydrogens (tertiary/aromatic N) is 4. The molecule has 3 N–H and O–H groups in total. The van der Waals surface area contributed by atoms with E-state index in [-0.39, 0.29) is 0 Å². The average Bonchev–Trinajstić information content (AvgIpc) is 3.15. The van der Waals surface area contributed by atoms with E-state index < -0.39 is 5.91 Å². The third-order valence-electron chi connectivity index (χ3n) is 4.81. The zero-order valence-corrected chi connectivity index (χ0v) is 17.8. The SMILES string of the molecule is CCCN(CCC)c1c(C)c(NCc2ccc(C(N)=O)cc2Cl)nc2ccnn12. The van der Waals surface area contributed by atoms with Crippen LogP contribution in [-0.4, -0.2) is 33.6 Å². The van der Waals surface area contributed by atoms with E-state index in [0.29, 0.717) is 17.1 Å². The van der Waals surface area contributed by atoms with E-state index in [1.54, 1.807) is 18.3 Å². The Morgan fingerprint density at radius 1 is 1.24 bits per heavy atom. The van der Waals surface area contributed by atoms with Gasteiger partial charge in [0.15, 0.2) is 5.65 Å². The van der Waals surface area contributed by atoms with Crippen LogP contribution in [0.25, 0.3) is 5.65 Å². The minimum absolute atomic E-state index is 0.394. The Morgan fingerprint density at radius 2 is 1.97 bits per heavy atom. The molecule has 0 saturated carbocycles. The molecule has 0 radical (unpaired) electrons. The summed E-state index contributed by atoms with van der Waals surface area (Å²) in [6, 6.07) is 6.99. The zero-order valence-electron chi connectivity index (χ0n) is 17.1. The molecule has 1 aromatic carbocycles. The van der Waals surface area contributed by atoms with Crippen molar-refractivity contribution in [3.8, 4) is 0 Å². The van der Waals surface area contributed by atoms with E-state index >= 15 is 0 Å². The first-order chi connectivity index (χ1) is 14.0. The maximum absolute atomic E-state index is 11.3. The quantitative estimate of drug-likeness (QED) is 0.551. The largest absolute Gasteiger partial charge is 0.366 e. The zero-order chi connectivity index (χ0) is 21.0. The summed E-state index contributed by atoms with van der Waals surface area (Å²) in [6.45, 7) is 8.80. The van der Waals surface area contributed by atoms with Crippen molar-refractivity contribution in [2.24, 2.45) is 5.73 Å². The maximum Gasteiger partial charge on any atom is 0.248 e. The van der Waals surface area contributed by atoms with E-state index in [1.165, 1.54) is 0 Å². The first-order valence-corrected chi connectivity index (χ1v) is 10.2. The Bertz CT molecular complexity index is 1010. The molecule has 0 saturated heterocycles. The van der Waals surface area contributed by atoms with Crippen LogP contribution in [0.4, 0.5) is 11.6 Å². The number of carbonyl (C=O) groups excluding carboxylic acids is 1. The monoisotopic (exact) mass is 414 g/mol. The van der Waals surface area contributed by atoms with Crippen molar-refractivity contribution in [1.82, 2.24) is 14.6 Å². The lowest BCUT2D eigenvalue weighted by Crippen LogP contribution is -2.28. The molecule has 29 heavy (non-hydrogen) atoms. The number of hydrogen-bond donors (Lipinski definition) is 2. The van der Waals surface area contributed by atoms with Gasteiger partial charge in [-0.15, -0.1) is 0 Å². The van der Waals surface area contributed by atoms with E-state index in [9.17, 15) is 4.79 Å². The molecule has 8 heteroatoms. The molecule has 154 valence electrons. The highest BCUT2D eigenvalue weighted by Gasteiger charge is 2.18. The molecule has 0 aliphatic carbocycles. The van der Waals surface area contributed by atoms with Crippen molar-refractivity contribution in [2.75, 3.05) is 23.3 Å². The maximum atomic E-state index is 11.3. The van der Waals surface area contributed by atoms with Gasteiger partial charge in [0.05, 0.1) is 6.20 Å². The summed E-state index contributed by atoms with van der Waals surface area (Å²) in [6.07, 6.45) is 3.87. The second-order valence-corrected chi connectivity index (χ2v) is 7.43. The topological polar surface area (TPSA) is 88.5 Å². The predicted molar refractivity (Wildman–Crippen MR) is 118 cm³/mol. The van der Waals surface area contributed by atoms with Crippen molar-refractivity contribution in [3.63, 3.8) is 0 Å². The Hall–Kier alpha value is -2.80. The number of aromatic nitrogens is 3. The van der Waals surface area contributed by atoms with Gasteiger partial charge in [0.1, 0.15) is 11.6 Å². The summed E-state index contributed by atoms with van der Waals surface area (Å²) in [5, 5.41) is 8.38. The molecule has 0 unspecified atom stereocenters. The van der Waals surface area contributed by atoms with E-state index in [4.69, 9.17) is 22.3 Å². The van der Waals surface area contributed by atoms with Crippen LogP contribution in [0.15, 0.2) is 30.5 Å². The molecule has 0 fully saturated rings. The van der Waals surface area contributed by atoms with Gasteiger partial charge in [-0.3, -0.25) is 4.79 Å². The molecule has 7 nitrogen and oxygen atoms in total. The van der Waals surface area contributed by atoms with E-state index in [0.717, 1.165) is 54.3 Å². The third-order valence-corrected chi connectivity index (χ3v) is 5.16. The van der Waals surface area contributed by atoms with Crippen molar-refractivity contribution in [3.05, 3.63) is 52.2 Å². The average molecular weight is 415 g/mol. The second kappa shape index (κ2) is 9.13. The number of carbonyl (C=O) groups is 1. The first-order valence-electron chi connectivity index (χ1n) is 9.87. The molecule has 2 aromatic heterocycles. The highest BCUT2D eigenvalue weighted by atomic mass is 35.5. The summed E-state index contributed by atoms with van der Waals surface area (Å²) in [5.74, 6) is 1.35. The van der Waals surface area contributed by atoms with Gasteiger partial charge < -0.3 is 16.0 Å². The van der Waals surface area contributed by atoms with Gasteiger partial charge in [0.2, 0.25) is 5.91 Å². The van der Waals surface area contributed by atoms with Gasteiger partial charge in [-0.2, -0.15) is 9.61 Å². The fraction of sp³-hybridized carbons (Fsp3) is 0.381. The number of primary amides is 1. The number of rotatable bonds is 9. The molecule has 0 aliphatic rings. The number of halogens is 1. The molecule has 3 aromatic rings. The lowest BCUT2D eigenvalue weighted by Gasteiger charge is -2.27. The minimum Gasteiger partial charge on any atom is -0.366 e. The Labute approximate surface area is 175 Å². The summed E-state index contributed by atoms with van der Waals surface area (Å²) in [4.78, 5) is 18.4. The molecule has 3 rings (SSSR count). The molecule has 0 spiro atoms. The fourth-order valence-corrected chi connectivity index (χ4v) is 3.68. The number of benzene rings is 1. The molecule has 0 aliphatic heterocycles. The highest BCUT2D eigenvalue weighted by Crippen LogP contribution is 2.28. The Balaban J connectivity index is 1.94. The van der Waals surface area contributed by atoms with E-state index in [1.807, 2.05) is 16.6 Å². The minimum atomic E-state index is -0.494. The van der Waals surface area contributed by atoms with Crippen molar-refractivity contribution in [1.29, 1.82) is 0 Å². The lowest BCUT2D eigenvalue weighted by atomic mass is 10.1. The van der Waals surface area contributed by atoms with Crippen LogP contribution in [0, 0.1) is 6.92 Å². The molecule has 2 heterocycles. The Morgan fingerprint density at radius 3 is 2.59 bits per heavy atom. The van der Waals surface area contributed by atoms with Crippen LogP contribution in [-0.2, 0) is 6.54 Å². The smallest absolute Gasteiger partial charge is 0.248 e. The van der Waals surface area contributed by atoms with Gasteiger partial charge in [-0.05, 0) is 37.5 Å². The van der Waals surface area contributed by atoms with Crippen molar-refractivity contribution >= 4 is 34.8 Å². The predicted octanol–water partition coefficient (Wildman–Crippen LogP) is 4.03. The summed E-state index contributed by atoms with van der Waals surface area (Å²) in [5.41, 5.74) is 8.41. The van der Waals surface area contributed by atoms with Crippen LogP contribution in [0.5, 0.6) is 0 Å². The van der Waals surface area contributed by atoms with Crippen LogP contribution < -0.4 is 16.0 Å². The van der Waals surface area contributed by atoms with Crippen molar-refractivity contribution < 1.29 is 4.79 Å². The molecule has 1 amide bonds. The van der Waals surface area contributed by atoms with Gasteiger partial charge >= 0.3 is 0 Å². The fourth-order valence-electron chi connectivity index (χ4n) is 3.44. The van der Waals surface area contributed by atoms with Crippen LogP contribution in [0.1, 0.15) is 48.2 Å². The second-order valence-electron chi connectivity index (χ2n) is 7.02. The summed E-state index contributed by atoms with van der Waals surface area (Å²) >= 11 is 6.33. The first kappa shape index (κ1) is 20.9. The number of nitrogens with one attached hydrogen (secondary N) is 1. The van der Waals surface area contributed by atoms with Gasteiger partial charge in [0.25, 0.3) is 0 Å². The van der Waals surface area contributed by atoms with E-state index in [2.05, 4.69) is 36.1 Å². The molecular weight excluding hydrogens is 388 g/mol. The number of amides is 1. The Kier molecular flexibility index (Phi) is 6.59. The van der Waals surface area contributed by atoms with Gasteiger partial charge in [0, 0.05) is 41.9 Å². The summed E-state index contributed by atoms with van der Waals surface area (Å²) < 4.78 is 1.90. The highest BCUT2D eigenvalue weighted by molar-refractivity contribution is 6.31. The molecule has 0 atom stereocenters. The number of hydrogen-bond acceptors (Lipinski definition) is 5.